The molecule has 1 aromatic carbocycles. The first-order valence-corrected chi connectivity index (χ1v) is 8.75. The minimum absolute atomic E-state index is 0.0288. The second kappa shape index (κ2) is 6.98. The minimum atomic E-state index is -0.588. The number of rotatable bonds is 5. The molecule has 1 fully saturated rings. The second-order valence-electron chi connectivity index (χ2n) is 6.78. The number of anilines is 1. The molecule has 0 radical (unpaired) electrons. The molecule has 3 unspecified atom stereocenters. The highest BCUT2D eigenvalue weighted by Crippen LogP contribution is 2.40. The van der Waals surface area contributed by atoms with Gasteiger partial charge in [0.15, 0.2) is 11.2 Å². The molecule has 0 saturated heterocycles. The Morgan fingerprint density at radius 3 is 2.93 bits per heavy atom. The third kappa shape index (κ3) is 3.24. The van der Waals surface area contributed by atoms with Gasteiger partial charge in [0.05, 0.1) is 31.7 Å². The van der Waals surface area contributed by atoms with Crippen LogP contribution >= 0.6 is 0 Å². The van der Waals surface area contributed by atoms with E-state index in [1.54, 1.807) is 10.9 Å². The van der Waals surface area contributed by atoms with Gasteiger partial charge < -0.3 is 20.1 Å². The Bertz CT molecular complexity index is 1030. The lowest BCUT2D eigenvalue weighted by molar-refractivity contribution is 0.0472. The Hall–Kier alpha value is -2.97. The standard InChI is InChI=1S/C19H21N5O3/c1-11-13(9-27-8-12-5-3-2-4-6-12)15(25)7-14(11)24-10-21-16-17(24)22-19(20)23-18(16)26/h2-6,10,13-15,25H,1,7-9H2,(H3,20,22,23,26). The van der Waals surface area contributed by atoms with Crippen molar-refractivity contribution in [2.75, 3.05) is 12.3 Å². The number of H-pyrrole nitrogens is 1. The molecule has 1 aliphatic carbocycles. The molecule has 2 heterocycles. The van der Waals surface area contributed by atoms with Crippen molar-refractivity contribution in [3.05, 3.63) is 64.7 Å². The van der Waals surface area contributed by atoms with E-state index in [0.29, 0.717) is 25.3 Å². The number of imidazole rings is 1. The minimum Gasteiger partial charge on any atom is -0.392 e. The van der Waals surface area contributed by atoms with Gasteiger partial charge in [-0.3, -0.25) is 9.78 Å². The van der Waals surface area contributed by atoms with Crippen LogP contribution in [0.2, 0.25) is 0 Å². The van der Waals surface area contributed by atoms with E-state index in [4.69, 9.17) is 10.5 Å². The summed E-state index contributed by atoms with van der Waals surface area (Å²) in [6.45, 7) is 5.01. The maximum Gasteiger partial charge on any atom is 0.280 e. The summed E-state index contributed by atoms with van der Waals surface area (Å²) in [6, 6.07) is 9.65. The number of nitrogens with zero attached hydrogens (tertiary/aromatic N) is 3. The van der Waals surface area contributed by atoms with Gasteiger partial charge in [-0.25, -0.2) is 4.98 Å². The fraction of sp³-hybridized carbons (Fsp3) is 0.316. The summed E-state index contributed by atoms with van der Waals surface area (Å²) in [6.07, 6.45) is 1.41. The Balaban J connectivity index is 1.51. The molecule has 27 heavy (non-hydrogen) atoms. The Morgan fingerprint density at radius 1 is 1.37 bits per heavy atom. The molecular formula is C19H21N5O3. The molecule has 3 atom stereocenters. The van der Waals surface area contributed by atoms with Gasteiger partial charge in [-0.15, -0.1) is 0 Å². The molecule has 140 valence electrons. The normalized spacial score (nSPS) is 22.6. The number of fused-ring (bicyclic) bond motifs is 1. The lowest BCUT2D eigenvalue weighted by Crippen LogP contribution is -2.20. The van der Waals surface area contributed by atoms with E-state index in [2.05, 4.69) is 21.5 Å². The van der Waals surface area contributed by atoms with E-state index >= 15 is 0 Å². The van der Waals surface area contributed by atoms with Crippen molar-refractivity contribution in [3.8, 4) is 0 Å². The molecule has 1 saturated carbocycles. The molecule has 8 heteroatoms. The summed E-state index contributed by atoms with van der Waals surface area (Å²) >= 11 is 0. The van der Waals surface area contributed by atoms with Crippen LogP contribution in [0.15, 0.2) is 53.6 Å². The van der Waals surface area contributed by atoms with Crippen LogP contribution in [-0.2, 0) is 11.3 Å². The first-order chi connectivity index (χ1) is 13.0. The van der Waals surface area contributed by atoms with E-state index < -0.39 is 6.10 Å². The van der Waals surface area contributed by atoms with Crippen LogP contribution in [0.4, 0.5) is 5.95 Å². The van der Waals surface area contributed by atoms with Gasteiger partial charge in [-0.1, -0.05) is 36.9 Å². The van der Waals surface area contributed by atoms with Crippen molar-refractivity contribution in [3.63, 3.8) is 0 Å². The number of nitrogens with two attached hydrogens (primary N) is 1. The zero-order valence-electron chi connectivity index (χ0n) is 14.7. The summed E-state index contributed by atoms with van der Waals surface area (Å²) in [5.41, 5.74) is 7.79. The summed E-state index contributed by atoms with van der Waals surface area (Å²) < 4.78 is 7.55. The number of ether oxygens (including phenoxy) is 1. The zero-order chi connectivity index (χ0) is 19.0. The Kier molecular flexibility index (Phi) is 4.51. The summed E-state index contributed by atoms with van der Waals surface area (Å²) in [5.74, 6) is -0.170. The van der Waals surface area contributed by atoms with Crippen molar-refractivity contribution in [1.29, 1.82) is 0 Å². The van der Waals surface area contributed by atoms with Crippen LogP contribution in [0.1, 0.15) is 18.0 Å². The molecule has 4 rings (SSSR count). The van der Waals surface area contributed by atoms with Crippen LogP contribution in [-0.4, -0.2) is 37.3 Å². The average molecular weight is 367 g/mol. The highest BCUT2D eigenvalue weighted by molar-refractivity contribution is 5.70. The summed E-state index contributed by atoms with van der Waals surface area (Å²) in [5, 5.41) is 10.5. The van der Waals surface area contributed by atoms with Gasteiger partial charge in [-0.2, -0.15) is 4.98 Å². The SMILES string of the molecule is C=C1C(COCc2ccccc2)C(O)CC1n1cnc2c(=O)[nH]c(N)nc21. The number of benzene rings is 1. The molecule has 0 bridgehead atoms. The quantitative estimate of drug-likeness (QED) is 0.587. The third-order valence-electron chi connectivity index (χ3n) is 5.03. The summed E-state index contributed by atoms with van der Waals surface area (Å²) in [4.78, 5) is 22.7. The molecule has 1 aliphatic rings. The van der Waals surface area contributed by atoms with Gasteiger partial charge in [0.2, 0.25) is 5.95 Å². The molecule has 0 spiro atoms. The number of aromatic nitrogens is 4. The zero-order valence-corrected chi connectivity index (χ0v) is 14.7. The van der Waals surface area contributed by atoms with Crippen molar-refractivity contribution in [1.82, 2.24) is 19.5 Å². The molecule has 4 N–H and O–H groups in total. The van der Waals surface area contributed by atoms with E-state index in [1.807, 2.05) is 30.3 Å². The third-order valence-corrected chi connectivity index (χ3v) is 5.03. The molecule has 0 aliphatic heterocycles. The van der Waals surface area contributed by atoms with Crippen LogP contribution in [0.25, 0.3) is 11.2 Å². The van der Waals surface area contributed by atoms with Gasteiger partial charge in [0.25, 0.3) is 5.56 Å². The second-order valence-corrected chi connectivity index (χ2v) is 6.78. The number of nitrogens with one attached hydrogen (secondary N) is 1. The van der Waals surface area contributed by atoms with Crippen LogP contribution < -0.4 is 11.3 Å². The van der Waals surface area contributed by atoms with Crippen molar-refractivity contribution in [2.24, 2.45) is 5.92 Å². The number of aliphatic hydroxyl groups excluding tert-OH is 1. The predicted molar refractivity (Wildman–Crippen MR) is 101 cm³/mol. The number of hydrogen-bond donors (Lipinski definition) is 3. The number of hydrogen-bond acceptors (Lipinski definition) is 6. The molecule has 0 amide bonds. The average Bonchev–Trinajstić information content (AvgIpc) is 3.18. The van der Waals surface area contributed by atoms with Crippen molar-refractivity contribution < 1.29 is 9.84 Å². The van der Waals surface area contributed by atoms with Gasteiger partial charge >= 0.3 is 0 Å². The number of aromatic amines is 1. The van der Waals surface area contributed by atoms with Crippen LogP contribution in [0, 0.1) is 5.92 Å². The smallest absolute Gasteiger partial charge is 0.280 e. The van der Waals surface area contributed by atoms with E-state index in [-0.39, 0.29) is 29.0 Å². The maximum absolute atomic E-state index is 12.0. The molecule has 8 nitrogen and oxygen atoms in total. The first kappa shape index (κ1) is 17.4. The van der Waals surface area contributed by atoms with E-state index in [0.717, 1.165) is 11.1 Å². The molecular weight excluding hydrogens is 346 g/mol. The van der Waals surface area contributed by atoms with Crippen molar-refractivity contribution >= 4 is 17.1 Å². The van der Waals surface area contributed by atoms with Gasteiger partial charge in [0, 0.05) is 5.92 Å². The van der Waals surface area contributed by atoms with E-state index in [1.165, 1.54) is 0 Å². The number of aliphatic hydroxyl groups is 1. The fourth-order valence-corrected chi connectivity index (χ4v) is 3.60. The maximum atomic E-state index is 12.0. The lowest BCUT2D eigenvalue weighted by atomic mass is 10.0. The molecule has 2 aromatic heterocycles. The Morgan fingerprint density at radius 2 is 2.15 bits per heavy atom. The first-order valence-electron chi connectivity index (χ1n) is 8.75. The largest absolute Gasteiger partial charge is 0.392 e. The van der Waals surface area contributed by atoms with Crippen LogP contribution in [0.3, 0.4) is 0 Å². The fourth-order valence-electron chi connectivity index (χ4n) is 3.60. The van der Waals surface area contributed by atoms with E-state index in [9.17, 15) is 9.90 Å². The van der Waals surface area contributed by atoms with Gasteiger partial charge in [0.1, 0.15) is 0 Å². The highest BCUT2D eigenvalue weighted by Gasteiger charge is 2.38. The topological polar surface area (TPSA) is 119 Å². The lowest BCUT2D eigenvalue weighted by Gasteiger charge is -2.18. The van der Waals surface area contributed by atoms with Crippen LogP contribution in [0.5, 0.6) is 0 Å². The monoisotopic (exact) mass is 367 g/mol. The molecule has 3 aromatic rings. The number of nitrogen functional groups attached to an aromatic ring is 1. The van der Waals surface area contributed by atoms with Gasteiger partial charge in [-0.05, 0) is 17.6 Å². The Labute approximate surface area is 155 Å². The highest BCUT2D eigenvalue weighted by atomic mass is 16.5. The predicted octanol–water partition coefficient (Wildman–Crippen LogP) is 1.40. The van der Waals surface area contributed by atoms with Crippen molar-refractivity contribution in [2.45, 2.75) is 25.2 Å². The summed E-state index contributed by atoms with van der Waals surface area (Å²) in [7, 11) is 0.